The van der Waals surface area contributed by atoms with Crippen LogP contribution in [0.2, 0.25) is 0 Å². The maximum absolute atomic E-state index is 12.4. The van der Waals surface area contributed by atoms with Crippen LogP contribution < -0.4 is 5.32 Å². The molecule has 0 spiro atoms. The zero-order valence-electron chi connectivity index (χ0n) is 13.6. The highest BCUT2D eigenvalue weighted by Crippen LogP contribution is 2.24. The van der Waals surface area contributed by atoms with Crippen molar-refractivity contribution >= 4 is 23.0 Å². The van der Waals surface area contributed by atoms with Crippen molar-refractivity contribution in [3.8, 4) is 0 Å². The van der Waals surface area contributed by atoms with Crippen LogP contribution in [0.3, 0.4) is 0 Å². The summed E-state index contributed by atoms with van der Waals surface area (Å²) in [5.41, 5.74) is -0.0920. The number of carboxylic acid groups (broad SMARTS) is 1. The zero-order valence-corrected chi connectivity index (χ0v) is 13.6. The SMILES string of the molecule is CCC(NC(=O)Cc1nc2ccccc2o1)(C(=O)O)c1ccccn1. The van der Waals surface area contributed by atoms with Crippen molar-refractivity contribution < 1.29 is 19.1 Å². The summed E-state index contributed by atoms with van der Waals surface area (Å²) in [5, 5.41) is 12.3. The van der Waals surface area contributed by atoms with Gasteiger partial charge in [0, 0.05) is 6.20 Å². The molecule has 1 atom stereocenters. The first-order valence-electron chi connectivity index (χ1n) is 7.85. The van der Waals surface area contributed by atoms with Crippen LogP contribution in [0.4, 0.5) is 0 Å². The number of fused-ring (bicyclic) bond motifs is 1. The van der Waals surface area contributed by atoms with Crippen LogP contribution in [0.25, 0.3) is 11.1 Å². The lowest BCUT2D eigenvalue weighted by atomic mass is 9.91. The first kappa shape index (κ1) is 16.6. The van der Waals surface area contributed by atoms with Crippen LogP contribution in [0, 0.1) is 0 Å². The number of pyridine rings is 1. The van der Waals surface area contributed by atoms with Crippen molar-refractivity contribution in [3.63, 3.8) is 0 Å². The number of amides is 1. The minimum atomic E-state index is -1.59. The van der Waals surface area contributed by atoms with Crippen molar-refractivity contribution in [2.45, 2.75) is 25.3 Å². The van der Waals surface area contributed by atoms with Crippen LogP contribution in [-0.2, 0) is 21.5 Å². The normalized spacial score (nSPS) is 13.3. The number of hydrogen-bond acceptors (Lipinski definition) is 5. The van der Waals surface area contributed by atoms with E-state index in [2.05, 4.69) is 15.3 Å². The van der Waals surface area contributed by atoms with Crippen LogP contribution in [0.5, 0.6) is 0 Å². The van der Waals surface area contributed by atoms with Gasteiger partial charge in [-0.1, -0.05) is 25.1 Å². The molecule has 128 valence electrons. The summed E-state index contributed by atoms with van der Waals surface area (Å²) in [6.45, 7) is 1.68. The molecule has 0 aliphatic rings. The van der Waals surface area contributed by atoms with E-state index in [9.17, 15) is 14.7 Å². The van der Waals surface area contributed by atoms with Crippen LogP contribution in [0.1, 0.15) is 24.9 Å². The maximum atomic E-state index is 12.4. The Morgan fingerprint density at radius 3 is 2.60 bits per heavy atom. The smallest absolute Gasteiger partial charge is 0.335 e. The van der Waals surface area contributed by atoms with E-state index in [1.54, 1.807) is 37.3 Å². The highest BCUT2D eigenvalue weighted by molar-refractivity contribution is 5.88. The van der Waals surface area contributed by atoms with E-state index in [1.807, 2.05) is 12.1 Å². The molecule has 2 N–H and O–H groups in total. The van der Waals surface area contributed by atoms with E-state index < -0.39 is 17.4 Å². The highest BCUT2D eigenvalue weighted by Gasteiger charge is 2.41. The first-order chi connectivity index (χ1) is 12.0. The van der Waals surface area contributed by atoms with Gasteiger partial charge in [0.1, 0.15) is 11.9 Å². The average molecular weight is 339 g/mol. The summed E-state index contributed by atoms with van der Waals surface area (Å²) in [4.78, 5) is 32.7. The molecule has 25 heavy (non-hydrogen) atoms. The van der Waals surface area contributed by atoms with Gasteiger partial charge in [0.2, 0.25) is 11.8 Å². The molecule has 1 amide bonds. The lowest BCUT2D eigenvalue weighted by Crippen LogP contribution is -2.52. The predicted molar refractivity (Wildman–Crippen MR) is 89.7 cm³/mol. The molecule has 0 bridgehead atoms. The zero-order chi connectivity index (χ0) is 17.9. The van der Waals surface area contributed by atoms with Crippen LogP contribution in [0.15, 0.2) is 53.1 Å². The second-order valence-corrected chi connectivity index (χ2v) is 5.58. The second-order valence-electron chi connectivity index (χ2n) is 5.58. The third-order valence-electron chi connectivity index (χ3n) is 4.00. The van der Waals surface area contributed by atoms with Crippen molar-refractivity contribution in [2.75, 3.05) is 0 Å². The summed E-state index contributed by atoms with van der Waals surface area (Å²) < 4.78 is 5.52. The Kier molecular flexibility index (Phi) is 4.47. The number of aromatic nitrogens is 2. The Hall–Kier alpha value is -3.22. The summed E-state index contributed by atoms with van der Waals surface area (Å²) >= 11 is 0. The number of nitrogens with zero attached hydrogens (tertiary/aromatic N) is 2. The van der Waals surface area contributed by atoms with Crippen molar-refractivity contribution in [3.05, 3.63) is 60.2 Å². The third kappa shape index (κ3) is 3.21. The Balaban J connectivity index is 1.84. The number of carbonyl (C=O) groups excluding carboxylic acids is 1. The van der Waals surface area contributed by atoms with Crippen LogP contribution in [-0.4, -0.2) is 27.0 Å². The molecule has 0 saturated heterocycles. The number of carboxylic acids is 1. The molecule has 3 aromatic rings. The molecule has 2 aromatic heterocycles. The largest absolute Gasteiger partial charge is 0.479 e. The minimum Gasteiger partial charge on any atom is -0.479 e. The van der Waals surface area contributed by atoms with Gasteiger partial charge >= 0.3 is 5.97 Å². The number of rotatable bonds is 6. The summed E-state index contributed by atoms with van der Waals surface area (Å²) in [6.07, 6.45) is 1.49. The van der Waals surface area contributed by atoms with Gasteiger partial charge < -0.3 is 14.8 Å². The number of para-hydroxylation sites is 2. The molecular formula is C18H17N3O4. The van der Waals surface area contributed by atoms with Gasteiger partial charge in [0.15, 0.2) is 11.1 Å². The van der Waals surface area contributed by atoms with Gasteiger partial charge in [-0.15, -0.1) is 0 Å². The maximum Gasteiger partial charge on any atom is 0.335 e. The van der Waals surface area contributed by atoms with Gasteiger partial charge in [0.05, 0.1) is 5.69 Å². The fourth-order valence-corrected chi connectivity index (χ4v) is 2.68. The van der Waals surface area contributed by atoms with E-state index in [1.165, 1.54) is 6.20 Å². The molecule has 0 radical (unpaired) electrons. The van der Waals surface area contributed by atoms with Gasteiger partial charge in [-0.25, -0.2) is 9.78 Å². The summed E-state index contributed by atoms with van der Waals surface area (Å²) in [7, 11) is 0. The number of nitrogens with one attached hydrogen (secondary N) is 1. The second kappa shape index (κ2) is 6.72. The Morgan fingerprint density at radius 1 is 1.20 bits per heavy atom. The Bertz CT molecular complexity index is 874. The molecule has 7 heteroatoms. The van der Waals surface area contributed by atoms with Gasteiger partial charge in [0.25, 0.3) is 0 Å². The predicted octanol–water partition coefficient (Wildman–Crippen LogP) is 2.27. The molecule has 1 unspecified atom stereocenters. The van der Waals surface area contributed by atoms with Crippen molar-refractivity contribution in [2.24, 2.45) is 0 Å². The van der Waals surface area contributed by atoms with Gasteiger partial charge in [-0.2, -0.15) is 0 Å². The number of hydrogen-bond donors (Lipinski definition) is 2. The third-order valence-corrected chi connectivity index (χ3v) is 4.00. The molecule has 2 heterocycles. The number of carbonyl (C=O) groups is 2. The highest BCUT2D eigenvalue weighted by atomic mass is 16.4. The minimum absolute atomic E-state index is 0.151. The first-order valence-corrected chi connectivity index (χ1v) is 7.85. The van der Waals surface area contributed by atoms with E-state index in [4.69, 9.17) is 4.42 Å². The fraction of sp³-hybridized carbons (Fsp3) is 0.222. The number of benzene rings is 1. The number of oxazole rings is 1. The van der Waals surface area contributed by atoms with Crippen molar-refractivity contribution in [1.29, 1.82) is 0 Å². The molecule has 3 rings (SSSR count). The monoisotopic (exact) mass is 339 g/mol. The topological polar surface area (TPSA) is 105 Å². The van der Waals surface area contributed by atoms with E-state index in [-0.39, 0.29) is 24.4 Å². The standard InChI is InChI=1S/C18H17N3O4/c1-2-18(17(23)24,14-9-5-6-10-19-14)21-15(22)11-16-20-12-7-3-4-8-13(12)25-16/h3-10H,2,11H2,1H3,(H,21,22)(H,23,24). The fourth-order valence-electron chi connectivity index (χ4n) is 2.68. The number of aliphatic carboxylic acids is 1. The molecule has 1 aromatic carbocycles. The van der Waals surface area contributed by atoms with E-state index in [0.29, 0.717) is 11.1 Å². The molecule has 0 aliphatic carbocycles. The quantitative estimate of drug-likeness (QED) is 0.714. The van der Waals surface area contributed by atoms with Crippen molar-refractivity contribution in [1.82, 2.24) is 15.3 Å². The molecular weight excluding hydrogens is 322 g/mol. The Morgan fingerprint density at radius 2 is 1.96 bits per heavy atom. The van der Waals surface area contributed by atoms with E-state index >= 15 is 0 Å². The Labute approximate surface area is 143 Å². The average Bonchev–Trinajstić information content (AvgIpc) is 3.02. The summed E-state index contributed by atoms with van der Waals surface area (Å²) in [5.74, 6) is -1.43. The van der Waals surface area contributed by atoms with Crippen LogP contribution >= 0.6 is 0 Å². The molecule has 0 fully saturated rings. The summed E-state index contributed by atoms with van der Waals surface area (Å²) in [6, 6.07) is 12.1. The molecule has 7 nitrogen and oxygen atoms in total. The molecule has 0 saturated carbocycles. The lowest BCUT2D eigenvalue weighted by Gasteiger charge is -2.28. The molecule has 0 aliphatic heterocycles. The van der Waals surface area contributed by atoms with Gasteiger partial charge in [-0.3, -0.25) is 9.78 Å². The lowest BCUT2D eigenvalue weighted by molar-refractivity contribution is -0.148. The van der Waals surface area contributed by atoms with Gasteiger partial charge in [-0.05, 0) is 30.7 Å². The van der Waals surface area contributed by atoms with E-state index in [0.717, 1.165) is 0 Å².